The number of ether oxygens (including phenoxy) is 11. The van der Waals surface area contributed by atoms with E-state index in [1.54, 1.807) is 60.7 Å². The maximum atomic E-state index is 14.2. The normalized spacial score (nSPS) is 24.1. The van der Waals surface area contributed by atoms with Crippen LogP contribution in [-0.2, 0) is 66.5 Å². The van der Waals surface area contributed by atoms with Crippen molar-refractivity contribution in [1.29, 1.82) is 5.41 Å². The van der Waals surface area contributed by atoms with Crippen molar-refractivity contribution in [2.45, 2.75) is 86.0 Å². The van der Waals surface area contributed by atoms with Crippen LogP contribution in [0.1, 0.15) is 62.2 Å². The molecule has 4 aromatic carbocycles. The van der Waals surface area contributed by atoms with Crippen molar-refractivity contribution in [1.82, 2.24) is 0 Å². The average Bonchev–Trinajstić information content (AvgIpc) is 3.33. The number of carbonyl (C=O) groups excluding carboxylic acids is 7. The van der Waals surface area contributed by atoms with E-state index in [-0.39, 0.29) is 22.3 Å². The highest BCUT2D eigenvalue weighted by Crippen LogP contribution is 2.38. The van der Waals surface area contributed by atoms with Crippen LogP contribution in [0.15, 0.2) is 121 Å². The molecule has 370 valence electrons. The molecule has 2 aliphatic rings. The molecule has 2 aliphatic heterocycles. The Labute approximate surface area is 414 Å². The van der Waals surface area contributed by atoms with E-state index in [2.05, 4.69) is 0 Å². The third-order valence-corrected chi connectivity index (χ3v) is 10.7. The number of rotatable bonds is 16. The van der Waals surface area contributed by atoms with Gasteiger partial charge in [0.05, 0.1) is 22.3 Å². The molecule has 10 atom stereocenters. The topological polar surface area (TPSA) is 245 Å². The van der Waals surface area contributed by atoms with Gasteiger partial charge in [-0.25, -0.2) is 19.2 Å². The summed E-state index contributed by atoms with van der Waals surface area (Å²) in [5, 5.41) is 8.37. The molecule has 2 saturated heterocycles. The van der Waals surface area contributed by atoms with Gasteiger partial charge in [-0.3, -0.25) is 19.8 Å². The molecule has 4 aromatic rings. The lowest BCUT2D eigenvalue weighted by atomic mass is 9.95. The molecular formula is C48H44Cl3NO18. The van der Waals surface area contributed by atoms with Crippen LogP contribution in [0.3, 0.4) is 0 Å². The fourth-order valence-electron chi connectivity index (χ4n) is 7.09. The summed E-state index contributed by atoms with van der Waals surface area (Å²) < 4.78 is 62.8. The number of hydrogen-bond acceptors (Lipinski definition) is 19. The maximum Gasteiger partial charge on any atom is 0.338 e. The van der Waals surface area contributed by atoms with Gasteiger partial charge in [-0.2, -0.15) is 0 Å². The van der Waals surface area contributed by atoms with Gasteiger partial charge in [-0.15, -0.1) is 0 Å². The lowest BCUT2D eigenvalue weighted by Gasteiger charge is -2.48. The van der Waals surface area contributed by atoms with E-state index >= 15 is 0 Å². The molecule has 19 nitrogen and oxygen atoms in total. The minimum Gasteiger partial charge on any atom is -0.463 e. The maximum absolute atomic E-state index is 14.2. The Morgan fingerprint density at radius 3 is 1.23 bits per heavy atom. The molecule has 0 amide bonds. The van der Waals surface area contributed by atoms with Crippen LogP contribution >= 0.6 is 34.8 Å². The molecular weight excluding hydrogens is 985 g/mol. The van der Waals surface area contributed by atoms with Gasteiger partial charge in [0, 0.05) is 20.8 Å². The van der Waals surface area contributed by atoms with Crippen molar-refractivity contribution in [2.75, 3.05) is 13.2 Å². The summed E-state index contributed by atoms with van der Waals surface area (Å²) in [5.74, 6) is -7.84. The third kappa shape index (κ3) is 14.2. The fourth-order valence-corrected chi connectivity index (χ4v) is 7.22. The monoisotopic (exact) mass is 1030 g/mol. The fraction of sp³-hybridized carbons (Fsp3) is 0.333. The first-order valence-corrected chi connectivity index (χ1v) is 22.3. The predicted octanol–water partition coefficient (Wildman–Crippen LogP) is 6.15. The molecule has 70 heavy (non-hydrogen) atoms. The van der Waals surface area contributed by atoms with Crippen molar-refractivity contribution in [2.24, 2.45) is 0 Å². The molecule has 6 rings (SSSR count). The molecule has 1 N–H and O–H groups in total. The second-order valence-corrected chi connectivity index (χ2v) is 17.5. The molecule has 0 bridgehead atoms. The summed E-state index contributed by atoms with van der Waals surface area (Å²) in [6.45, 7) is 1.57. The van der Waals surface area contributed by atoms with Crippen LogP contribution in [0, 0.1) is 5.41 Å². The quantitative estimate of drug-likeness (QED) is 0.0435. The molecule has 0 aromatic heterocycles. The molecule has 0 spiro atoms. The Bertz CT molecular complexity index is 2480. The number of halogens is 3. The van der Waals surface area contributed by atoms with Gasteiger partial charge in [0.1, 0.15) is 31.5 Å². The van der Waals surface area contributed by atoms with E-state index in [1.807, 2.05) is 0 Å². The zero-order chi connectivity index (χ0) is 50.5. The van der Waals surface area contributed by atoms with Crippen molar-refractivity contribution < 1.29 is 85.7 Å². The number of carbonyl (C=O) groups is 7. The van der Waals surface area contributed by atoms with E-state index < -0.39 is 126 Å². The molecule has 2 heterocycles. The van der Waals surface area contributed by atoms with Gasteiger partial charge in [0.15, 0.2) is 36.8 Å². The molecule has 2 fully saturated rings. The minimum atomic E-state index is -2.53. The van der Waals surface area contributed by atoms with Gasteiger partial charge >= 0.3 is 41.8 Å². The number of nitrogens with one attached hydrogen (secondary N) is 1. The van der Waals surface area contributed by atoms with Crippen LogP contribution in [-0.4, -0.2) is 126 Å². The van der Waals surface area contributed by atoms with Crippen LogP contribution in [0.4, 0.5) is 0 Å². The first-order chi connectivity index (χ1) is 33.4. The van der Waals surface area contributed by atoms with E-state index in [9.17, 15) is 33.6 Å². The van der Waals surface area contributed by atoms with Crippen LogP contribution in [0.25, 0.3) is 0 Å². The Balaban J connectivity index is 1.54. The molecule has 0 saturated carbocycles. The summed E-state index contributed by atoms with van der Waals surface area (Å²) >= 11 is 17.9. The van der Waals surface area contributed by atoms with Gasteiger partial charge in [0.25, 0.3) is 3.79 Å². The van der Waals surface area contributed by atoms with Crippen molar-refractivity contribution in [3.05, 3.63) is 144 Å². The summed E-state index contributed by atoms with van der Waals surface area (Å²) in [5.41, 5.74) is 0.0751. The molecule has 0 radical (unpaired) electrons. The second-order valence-electron chi connectivity index (χ2n) is 15.3. The highest BCUT2D eigenvalue weighted by Gasteiger charge is 2.59. The van der Waals surface area contributed by atoms with Gasteiger partial charge in [0.2, 0.25) is 12.2 Å². The second kappa shape index (κ2) is 24.3. The highest BCUT2D eigenvalue weighted by molar-refractivity contribution is 6.76. The number of benzene rings is 4. The number of esters is 7. The molecule has 0 aliphatic carbocycles. The predicted molar refractivity (Wildman–Crippen MR) is 243 cm³/mol. The average molecular weight is 1030 g/mol. The first kappa shape index (κ1) is 52.8. The standard InChI is InChI=1S/C48H44Cl3NO18/c1-26(53)60-24-33-35(62-27(2)54)38(39(63-28(3)55)46(65-33)70-47(52)48(49,50)51)69-45-40(68-44(59)32-22-14-7-15-23-32)37(67-43(58)31-20-12-6-13-21-31)36(66-42(57)30-18-10-5-11-19-30)34(64-45)25-61-41(56)29-16-8-4-9-17-29/h4-23,33-40,45-46,52H,24-25H2,1-3H3/t33-,34-,35-,36-,37+,38+,39-,40-,45+,46-/m1/s1. The van der Waals surface area contributed by atoms with Crippen LogP contribution in [0.5, 0.6) is 0 Å². The summed E-state index contributed by atoms with van der Waals surface area (Å²) in [6, 6.07) is 30.4. The smallest absolute Gasteiger partial charge is 0.338 e. The Hall–Kier alpha value is -6.61. The third-order valence-electron chi connectivity index (χ3n) is 10.2. The van der Waals surface area contributed by atoms with E-state index in [1.165, 1.54) is 60.7 Å². The van der Waals surface area contributed by atoms with Crippen molar-refractivity contribution in [3.8, 4) is 0 Å². The summed E-state index contributed by atoms with van der Waals surface area (Å²) in [6.07, 6.45) is -18.8. The number of hydrogen-bond donors (Lipinski definition) is 1. The van der Waals surface area contributed by atoms with E-state index in [4.69, 9.17) is 92.3 Å². The SMILES string of the molecule is CC(=O)OC[C@H]1O[C@H](OC(=N)C(Cl)(Cl)Cl)[C@H](OC(C)=O)[C@@H](O[C@@H]2O[C@H](COC(=O)c3ccccc3)[C@@H](OC(=O)c3ccccc3)[C@H](OC(=O)c3ccccc3)[C@H]2OC(=O)c2ccccc2)[C@@H]1OC(C)=O. The van der Waals surface area contributed by atoms with Gasteiger partial charge in [-0.1, -0.05) is 108 Å². The van der Waals surface area contributed by atoms with Gasteiger partial charge < -0.3 is 52.1 Å². The Morgan fingerprint density at radius 1 is 0.443 bits per heavy atom. The zero-order valence-corrected chi connectivity index (χ0v) is 39.5. The first-order valence-electron chi connectivity index (χ1n) is 21.2. The van der Waals surface area contributed by atoms with Crippen LogP contribution in [0.2, 0.25) is 0 Å². The Morgan fingerprint density at radius 2 is 0.800 bits per heavy atom. The highest BCUT2D eigenvalue weighted by atomic mass is 35.6. The van der Waals surface area contributed by atoms with Crippen molar-refractivity contribution >= 4 is 82.5 Å². The van der Waals surface area contributed by atoms with Crippen LogP contribution < -0.4 is 0 Å². The van der Waals surface area contributed by atoms with Crippen molar-refractivity contribution in [3.63, 3.8) is 0 Å². The largest absolute Gasteiger partial charge is 0.463 e. The van der Waals surface area contributed by atoms with Gasteiger partial charge in [-0.05, 0) is 48.5 Å². The van der Waals surface area contributed by atoms with E-state index in [0.717, 1.165) is 20.8 Å². The lowest BCUT2D eigenvalue weighted by Crippen LogP contribution is -2.67. The number of alkyl halides is 3. The summed E-state index contributed by atoms with van der Waals surface area (Å²) in [7, 11) is 0. The lowest BCUT2D eigenvalue weighted by molar-refractivity contribution is -0.353. The summed E-state index contributed by atoms with van der Waals surface area (Å²) in [4.78, 5) is 93.9. The van der Waals surface area contributed by atoms with E-state index in [0.29, 0.717) is 0 Å². The molecule has 22 heteroatoms. The zero-order valence-electron chi connectivity index (χ0n) is 37.2. The molecule has 0 unspecified atom stereocenters. The minimum absolute atomic E-state index is 0.0150. The Kier molecular flexibility index (Phi) is 18.3.